The van der Waals surface area contributed by atoms with E-state index in [1.165, 1.54) is 0 Å². The molecule has 0 aromatic heterocycles. The molecule has 0 bridgehead atoms. The molecule has 0 aliphatic heterocycles. The zero-order chi connectivity index (χ0) is 19.4. The van der Waals surface area contributed by atoms with Crippen molar-refractivity contribution in [1.29, 1.82) is 0 Å². The van der Waals surface area contributed by atoms with Crippen LogP contribution >= 0.6 is 0 Å². The molecule has 1 aromatic rings. The molecule has 0 atom stereocenters. The van der Waals surface area contributed by atoms with Crippen molar-refractivity contribution >= 4 is 11.9 Å². The zero-order valence-electron chi connectivity index (χ0n) is 16.9. The Morgan fingerprint density at radius 3 is 2.19 bits per heavy atom. The number of rotatable bonds is 10. The summed E-state index contributed by atoms with van der Waals surface area (Å²) in [6.07, 6.45) is 0. The van der Waals surface area contributed by atoms with Crippen molar-refractivity contribution in [2.75, 3.05) is 32.7 Å². The summed E-state index contributed by atoms with van der Waals surface area (Å²) in [5, 5.41) is 9.42. The molecule has 0 unspecified atom stereocenters. The SMILES string of the molecule is CCNC(=NCCN(C(C)C)C(C)C)NCCNC(=O)c1ccccc1. The molecular formula is C20H35N5O. The quantitative estimate of drug-likeness (QED) is 0.339. The monoisotopic (exact) mass is 361 g/mol. The molecule has 1 aromatic carbocycles. The van der Waals surface area contributed by atoms with Gasteiger partial charge in [-0.2, -0.15) is 0 Å². The molecule has 0 radical (unpaired) electrons. The number of carbonyl (C=O) groups excluding carboxylic acids is 1. The van der Waals surface area contributed by atoms with Gasteiger partial charge in [-0.25, -0.2) is 0 Å². The molecule has 146 valence electrons. The molecule has 1 amide bonds. The summed E-state index contributed by atoms with van der Waals surface area (Å²) in [5.74, 6) is 0.729. The van der Waals surface area contributed by atoms with Gasteiger partial charge in [-0.1, -0.05) is 18.2 Å². The lowest BCUT2D eigenvalue weighted by molar-refractivity contribution is 0.0954. The number of aliphatic imine (C=N–C) groups is 1. The minimum Gasteiger partial charge on any atom is -0.357 e. The van der Waals surface area contributed by atoms with Gasteiger partial charge in [0, 0.05) is 43.8 Å². The number of amides is 1. The number of nitrogens with one attached hydrogen (secondary N) is 3. The molecule has 0 spiro atoms. The van der Waals surface area contributed by atoms with Crippen molar-refractivity contribution in [3.63, 3.8) is 0 Å². The summed E-state index contributed by atoms with van der Waals surface area (Å²) >= 11 is 0. The van der Waals surface area contributed by atoms with E-state index < -0.39 is 0 Å². The second kappa shape index (κ2) is 12.3. The van der Waals surface area contributed by atoms with Gasteiger partial charge in [0.25, 0.3) is 5.91 Å². The topological polar surface area (TPSA) is 68.8 Å². The highest BCUT2D eigenvalue weighted by Crippen LogP contribution is 2.03. The fourth-order valence-corrected chi connectivity index (χ4v) is 2.78. The molecule has 0 aliphatic carbocycles. The highest BCUT2D eigenvalue weighted by molar-refractivity contribution is 5.94. The molecule has 3 N–H and O–H groups in total. The maximum absolute atomic E-state index is 12.0. The van der Waals surface area contributed by atoms with Crippen molar-refractivity contribution in [3.8, 4) is 0 Å². The van der Waals surface area contributed by atoms with Crippen LogP contribution in [0.5, 0.6) is 0 Å². The van der Waals surface area contributed by atoms with Crippen molar-refractivity contribution < 1.29 is 4.79 Å². The van der Waals surface area contributed by atoms with Gasteiger partial charge in [0.2, 0.25) is 0 Å². The normalized spacial score (nSPS) is 11.9. The first-order valence-electron chi connectivity index (χ1n) is 9.56. The van der Waals surface area contributed by atoms with Crippen LogP contribution in [0.3, 0.4) is 0 Å². The standard InChI is InChI=1S/C20H35N5O/c1-6-21-20(24-14-15-25(16(2)3)17(4)5)23-13-12-22-19(26)18-10-8-7-9-11-18/h7-11,16-17H,6,12-15H2,1-5H3,(H,22,26)(H2,21,23,24). The number of guanidine groups is 1. The van der Waals surface area contributed by atoms with Gasteiger partial charge in [-0.05, 0) is 46.8 Å². The first kappa shape index (κ1) is 22.0. The van der Waals surface area contributed by atoms with Crippen LogP contribution in [0.4, 0.5) is 0 Å². The number of carbonyl (C=O) groups is 1. The summed E-state index contributed by atoms with van der Waals surface area (Å²) in [6, 6.07) is 10.3. The van der Waals surface area contributed by atoms with Crippen molar-refractivity contribution in [2.24, 2.45) is 4.99 Å². The maximum Gasteiger partial charge on any atom is 0.251 e. The Hall–Kier alpha value is -2.08. The fourth-order valence-electron chi connectivity index (χ4n) is 2.78. The van der Waals surface area contributed by atoms with Crippen LogP contribution in [0.2, 0.25) is 0 Å². The predicted molar refractivity (Wildman–Crippen MR) is 110 cm³/mol. The Kier molecular flexibility index (Phi) is 10.4. The Balaban J connectivity index is 2.39. The third kappa shape index (κ3) is 8.34. The number of benzene rings is 1. The molecule has 0 fully saturated rings. The molecule has 0 aliphatic rings. The lowest BCUT2D eigenvalue weighted by atomic mass is 10.2. The van der Waals surface area contributed by atoms with Gasteiger partial charge >= 0.3 is 0 Å². The largest absolute Gasteiger partial charge is 0.357 e. The molecular weight excluding hydrogens is 326 g/mol. The lowest BCUT2D eigenvalue weighted by Crippen LogP contribution is -2.42. The highest BCUT2D eigenvalue weighted by Gasteiger charge is 2.12. The smallest absolute Gasteiger partial charge is 0.251 e. The summed E-state index contributed by atoms with van der Waals surface area (Å²) < 4.78 is 0. The van der Waals surface area contributed by atoms with E-state index in [9.17, 15) is 4.79 Å². The van der Waals surface area contributed by atoms with E-state index in [0.29, 0.717) is 30.7 Å². The van der Waals surface area contributed by atoms with Crippen molar-refractivity contribution in [3.05, 3.63) is 35.9 Å². The Labute approximate surface area is 158 Å². The lowest BCUT2D eigenvalue weighted by Gasteiger charge is -2.29. The maximum atomic E-state index is 12.0. The van der Waals surface area contributed by atoms with Gasteiger partial charge in [-0.15, -0.1) is 0 Å². The molecule has 0 heterocycles. The average molecular weight is 362 g/mol. The van der Waals surface area contributed by atoms with E-state index >= 15 is 0 Å². The second-order valence-corrected chi connectivity index (χ2v) is 6.73. The van der Waals surface area contributed by atoms with E-state index in [2.05, 4.69) is 53.5 Å². The minimum absolute atomic E-state index is 0.0566. The second-order valence-electron chi connectivity index (χ2n) is 6.73. The third-order valence-electron chi connectivity index (χ3n) is 4.04. The third-order valence-corrected chi connectivity index (χ3v) is 4.04. The van der Waals surface area contributed by atoms with Gasteiger partial charge in [0.05, 0.1) is 6.54 Å². The van der Waals surface area contributed by atoms with Gasteiger partial charge in [-0.3, -0.25) is 14.7 Å². The van der Waals surface area contributed by atoms with E-state index in [0.717, 1.165) is 25.6 Å². The van der Waals surface area contributed by atoms with Crippen molar-refractivity contribution in [1.82, 2.24) is 20.9 Å². The van der Waals surface area contributed by atoms with Gasteiger partial charge in [0.1, 0.15) is 0 Å². The predicted octanol–water partition coefficient (Wildman–Crippen LogP) is 2.09. The molecule has 6 heteroatoms. The summed E-state index contributed by atoms with van der Waals surface area (Å²) in [6.45, 7) is 14.5. The molecule has 0 saturated heterocycles. The van der Waals surface area contributed by atoms with Gasteiger partial charge < -0.3 is 16.0 Å². The molecule has 1 rings (SSSR count). The van der Waals surface area contributed by atoms with Crippen LogP contribution < -0.4 is 16.0 Å². The van der Waals surface area contributed by atoms with E-state index in [4.69, 9.17) is 0 Å². The molecule has 26 heavy (non-hydrogen) atoms. The Morgan fingerprint density at radius 1 is 1.00 bits per heavy atom. The number of nitrogens with zero attached hydrogens (tertiary/aromatic N) is 2. The minimum atomic E-state index is -0.0566. The van der Waals surface area contributed by atoms with E-state index in [1.807, 2.05) is 37.3 Å². The van der Waals surface area contributed by atoms with Crippen LogP contribution in [-0.2, 0) is 0 Å². The van der Waals surface area contributed by atoms with Crippen LogP contribution in [0, 0.1) is 0 Å². The summed E-state index contributed by atoms with van der Waals surface area (Å²) in [5.41, 5.74) is 0.676. The van der Waals surface area contributed by atoms with Crippen LogP contribution in [0.25, 0.3) is 0 Å². The molecule has 0 saturated carbocycles. The summed E-state index contributed by atoms with van der Waals surface area (Å²) in [7, 11) is 0. The average Bonchev–Trinajstić information content (AvgIpc) is 2.61. The first-order valence-corrected chi connectivity index (χ1v) is 9.56. The highest BCUT2D eigenvalue weighted by atomic mass is 16.1. The van der Waals surface area contributed by atoms with Crippen LogP contribution in [0.1, 0.15) is 45.0 Å². The number of hydrogen-bond acceptors (Lipinski definition) is 3. The van der Waals surface area contributed by atoms with Crippen LogP contribution in [0.15, 0.2) is 35.3 Å². The fraction of sp³-hybridized carbons (Fsp3) is 0.600. The Bertz CT molecular complexity index is 534. The van der Waals surface area contributed by atoms with Crippen LogP contribution in [-0.4, -0.2) is 61.6 Å². The van der Waals surface area contributed by atoms with Crippen molar-refractivity contribution in [2.45, 2.75) is 46.7 Å². The zero-order valence-corrected chi connectivity index (χ0v) is 16.9. The van der Waals surface area contributed by atoms with Gasteiger partial charge in [0.15, 0.2) is 5.96 Å². The first-order chi connectivity index (χ1) is 12.5. The number of hydrogen-bond donors (Lipinski definition) is 3. The van der Waals surface area contributed by atoms with E-state index in [-0.39, 0.29) is 5.91 Å². The van der Waals surface area contributed by atoms with E-state index in [1.54, 1.807) is 0 Å². The summed E-state index contributed by atoms with van der Waals surface area (Å²) in [4.78, 5) is 19.1. The molecule has 6 nitrogen and oxygen atoms in total. The Morgan fingerprint density at radius 2 is 1.62 bits per heavy atom.